The van der Waals surface area contributed by atoms with Gasteiger partial charge < -0.3 is 10.0 Å². The van der Waals surface area contributed by atoms with Gasteiger partial charge >= 0.3 is 0 Å². The summed E-state index contributed by atoms with van der Waals surface area (Å²) in [5.41, 5.74) is 2.27. The second-order valence-corrected chi connectivity index (χ2v) is 4.80. The third kappa shape index (κ3) is 4.22. The average Bonchev–Trinajstić information content (AvgIpc) is 3.10. The summed E-state index contributed by atoms with van der Waals surface area (Å²) in [6, 6.07) is 8.24. The minimum absolute atomic E-state index is 0.0776. The Bertz CT molecular complexity index is 426. The maximum Gasteiger partial charge on any atom is 0.104 e. The van der Waals surface area contributed by atoms with Crippen molar-refractivity contribution in [2.45, 2.75) is 19.4 Å². The van der Waals surface area contributed by atoms with E-state index in [0.717, 1.165) is 18.0 Å². The van der Waals surface area contributed by atoms with Crippen LogP contribution < -0.4 is 0 Å². The molecule has 2 heteroatoms. The van der Waals surface area contributed by atoms with Crippen LogP contribution in [0.25, 0.3) is 0 Å². The minimum Gasteiger partial charge on any atom is -0.384 e. The molecule has 0 radical (unpaired) electrons. The van der Waals surface area contributed by atoms with Crippen molar-refractivity contribution >= 4 is 0 Å². The second-order valence-electron chi connectivity index (χ2n) is 4.80. The van der Waals surface area contributed by atoms with Gasteiger partial charge in [-0.15, -0.1) is 0 Å². The maximum absolute atomic E-state index is 8.67. The minimum atomic E-state index is -0.0776. The van der Waals surface area contributed by atoms with E-state index >= 15 is 0 Å². The van der Waals surface area contributed by atoms with E-state index in [4.69, 9.17) is 5.11 Å². The highest BCUT2D eigenvalue weighted by molar-refractivity contribution is 5.37. The molecule has 1 aliphatic rings. The van der Waals surface area contributed by atoms with Crippen molar-refractivity contribution in [3.05, 3.63) is 35.4 Å². The highest BCUT2D eigenvalue weighted by Crippen LogP contribution is 2.29. The molecule has 0 bridgehead atoms. The Morgan fingerprint density at radius 3 is 2.94 bits per heavy atom. The molecule has 0 heterocycles. The quantitative estimate of drug-likeness (QED) is 0.797. The Kier molecular flexibility index (Phi) is 4.19. The molecule has 0 saturated heterocycles. The van der Waals surface area contributed by atoms with Crippen molar-refractivity contribution in [2.24, 2.45) is 5.92 Å². The number of nitrogens with zero attached hydrogens (tertiary/aromatic N) is 1. The zero-order valence-corrected chi connectivity index (χ0v) is 10.3. The lowest BCUT2D eigenvalue weighted by atomic mass is 10.1. The molecule has 1 N–H and O–H groups in total. The third-order valence-electron chi connectivity index (χ3n) is 2.96. The fraction of sp³-hybridized carbons (Fsp3) is 0.467. The van der Waals surface area contributed by atoms with Crippen LogP contribution in [0.2, 0.25) is 0 Å². The van der Waals surface area contributed by atoms with Crippen LogP contribution in [-0.4, -0.2) is 30.2 Å². The normalized spacial score (nSPS) is 14.5. The van der Waals surface area contributed by atoms with Crippen LogP contribution in [0.3, 0.4) is 0 Å². The predicted molar refractivity (Wildman–Crippen MR) is 69.5 cm³/mol. The van der Waals surface area contributed by atoms with Crippen LogP contribution in [0.4, 0.5) is 0 Å². The largest absolute Gasteiger partial charge is 0.384 e. The van der Waals surface area contributed by atoms with Crippen LogP contribution >= 0.6 is 0 Å². The summed E-state index contributed by atoms with van der Waals surface area (Å²) in [6.45, 7) is 2.10. The SMILES string of the molecule is CN(Cc1cccc(C#CCO)c1)CC1CC1. The van der Waals surface area contributed by atoms with Crippen LogP contribution in [-0.2, 0) is 6.54 Å². The van der Waals surface area contributed by atoms with Gasteiger partial charge in [0.1, 0.15) is 6.61 Å². The van der Waals surface area contributed by atoms with Gasteiger partial charge in [-0.05, 0) is 43.5 Å². The number of hydrogen-bond donors (Lipinski definition) is 1. The summed E-state index contributed by atoms with van der Waals surface area (Å²) in [7, 11) is 2.17. The molecule has 0 aliphatic heterocycles. The first kappa shape index (κ1) is 12.2. The molecular formula is C15H19NO. The third-order valence-corrected chi connectivity index (χ3v) is 2.96. The van der Waals surface area contributed by atoms with Crippen molar-refractivity contribution in [1.82, 2.24) is 4.90 Å². The Labute approximate surface area is 103 Å². The topological polar surface area (TPSA) is 23.5 Å². The molecule has 0 atom stereocenters. The fourth-order valence-electron chi connectivity index (χ4n) is 2.01. The molecule has 1 aromatic rings. The van der Waals surface area contributed by atoms with Gasteiger partial charge in [-0.3, -0.25) is 0 Å². The second kappa shape index (κ2) is 5.86. The molecule has 0 spiro atoms. The van der Waals surface area contributed by atoms with Gasteiger partial charge in [0.15, 0.2) is 0 Å². The van der Waals surface area contributed by atoms with Crippen LogP contribution in [0.5, 0.6) is 0 Å². The lowest BCUT2D eigenvalue weighted by molar-refractivity contribution is 0.313. The maximum atomic E-state index is 8.67. The monoisotopic (exact) mass is 229 g/mol. The van der Waals surface area contributed by atoms with Gasteiger partial charge in [0.25, 0.3) is 0 Å². The van der Waals surface area contributed by atoms with Crippen LogP contribution in [0, 0.1) is 17.8 Å². The Balaban J connectivity index is 1.94. The zero-order chi connectivity index (χ0) is 12.1. The number of aliphatic hydroxyl groups is 1. The fourth-order valence-corrected chi connectivity index (χ4v) is 2.01. The summed E-state index contributed by atoms with van der Waals surface area (Å²) >= 11 is 0. The lowest BCUT2D eigenvalue weighted by Crippen LogP contribution is -2.20. The Morgan fingerprint density at radius 1 is 1.41 bits per heavy atom. The summed E-state index contributed by atoms with van der Waals surface area (Å²) in [4.78, 5) is 2.37. The van der Waals surface area contributed by atoms with Gasteiger partial charge in [0.2, 0.25) is 0 Å². The first-order valence-corrected chi connectivity index (χ1v) is 6.15. The van der Waals surface area contributed by atoms with Crippen LogP contribution in [0.1, 0.15) is 24.0 Å². The van der Waals surface area contributed by atoms with Gasteiger partial charge in [-0.1, -0.05) is 24.0 Å². The average molecular weight is 229 g/mol. The van der Waals surface area contributed by atoms with E-state index in [1.807, 2.05) is 12.1 Å². The molecule has 2 rings (SSSR count). The van der Waals surface area contributed by atoms with Crippen molar-refractivity contribution in [2.75, 3.05) is 20.2 Å². The molecule has 17 heavy (non-hydrogen) atoms. The molecule has 0 aromatic heterocycles. The highest BCUT2D eigenvalue weighted by atomic mass is 16.2. The van der Waals surface area contributed by atoms with Crippen molar-refractivity contribution in [3.63, 3.8) is 0 Å². The molecule has 1 aromatic carbocycles. The molecule has 0 unspecified atom stereocenters. The van der Waals surface area contributed by atoms with Crippen molar-refractivity contribution in [1.29, 1.82) is 0 Å². The summed E-state index contributed by atoms with van der Waals surface area (Å²) < 4.78 is 0. The zero-order valence-electron chi connectivity index (χ0n) is 10.3. The van der Waals surface area contributed by atoms with E-state index in [-0.39, 0.29) is 6.61 Å². The summed E-state index contributed by atoms with van der Waals surface area (Å²) in [5, 5.41) is 8.67. The molecule has 1 fully saturated rings. The summed E-state index contributed by atoms with van der Waals surface area (Å²) in [5.74, 6) is 6.55. The Hall–Kier alpha value is -1.30. The van der Waals surface area contributed by atoms with Gasteiger partial charge in [-0.2, -0.15) is 0 Å². The van der Waals surface area contributed by atoms with E-state index in [1.165, 1.54) is 24.9 Å². The highest BCUT2D eigenvalue weighted by Gasteiger charge is 2.22. The van der Waals surface area contributed by atoms with Gasteiger partial charge in [0, 0.05) is 18.7 Å². The lowest BCUT2D eigenvalue weighted by Gasteiger charge is -2.16. The standard InChI is InChI=1S/C15H19NO/c1-16(11-14-7-8-14)12-15-5-2-4-13(10-15)6-3-9-17/h2,4-5,10,14,17H,7-9,11-12H2,1H3. The molecule has 90 valence electrons. The molecule has 0 amide bonds. The molecule has 2 nitrogen and oxygen atoms in total. The van der Waals surface area contributed by atoms with E-state index < -0.39 is 0 Å². The molecule has 1 saturated carbocycles. The molecule has 1 aliphatic carbocycles. The smallest absolute Gasteiger partial charge is 0.104 e. The van der Waals surface area contributed by atoms with Gasteiger partial charge in [-0.25, -0.2) is 0 Å². The van der Waals surface area contributed by atoms with E-state index in [2.05, 4.69) is 35.9 Å². The number of hydrogen-bond acceptors (Lipinski definition) is 2. The number of benzene rings is 1. The van der Waals surface area contributed by atoms with Gasteiger partial charge in [0.05, 0.1) is 0 Å². The molecular weight excluding hydrogens is 210 g/mol. The number of rotatable bonds is 4. The Morgan fingerprint density at radius 2 is 2.24 bits per heavy atom. The first-order chi connectivity index (χ1) is 8.28. The summed E-state index contributed by atoms with van der Waals surface area (Å²) in [6.07, 6.45) is 2.79. The van der Waals surface area contributed by atoms with E-state index in [0.29, 0.717) is 0 Å². The first-order valence-electron chi connectivity index (χ1n) is 6.15. The van der Waals surface area contributed by atoms with E-state index in [9.17, 15) is 0 Å². The van der Waals surface area contributed by atoms with Crippen molar-refractivity contribution in [3.8, 4) is 11.8 Å². The predicted octanol–water partition coefficient (Wildman–Crippen LogP) is 1.87. The van der Waals surface area contributed by atoms with Crippen LogP contribution in [0.15, 0.2) is 24.3 Å². The van der Waals surface area contributed by atoms with Crippen molar-refractivity contribution < 1.29 is 5.11 Å². The van der Waals surface area contributed by atoms with E-state index in [1.54, 1.807) is 0 Å². The number of aliphatic hydroxyl groups excluding tert-OH is 1.